The number of rotatable bonds is 1. The molecule has 0 saturated carbocycles. The average molecular weight is 480 g/mol. The Kier molecular flexibility index (Phi) is 3.59. The minimum Gasteiger partial charge on any atom is -0.268 e. The number of benzene rings is 5. The predicted molar refractivity (Wildman–Crippen MR) is 149 cm³/mol. The van der Waals surface area contributed by atoms with Gasteiger partial charge in [0.05, 0.1) is 5.69 Å². The van der Waals surface area contributed by atoms with Crippen molar-refractivity contribution in [3.63, 3.8) is 0 Å². The molecule has 37 heavy (non-hydrogen) atoms. The van der Waals surface area contributed by atoms with Crippen LogP contribution in [0.3, 0.4) is 0 Å². The van der Waals surface area contributed by atoms with Crippen LogP contribution in [-0.2, 0) is 10.8 Å². The quantitative estimate of drug-likeness (QED) is 0.231. The summed E-state index contributed by atoms with van der Waals surface area (Å²) in [5.41, 5.74) is 8.85. The van der Waals surface area contributed by atoms with Crippen molar-refractivity contribution in [2.75, 3.05) is 4.90 Å². The number of carbonyl (C=O) groups excluding carboxylic acids is 2. The van der Waals surface area contributed by atoms with Crippen molar-refractivity contribution in [2.45, 2.75) is 38.5 Å². The lowest BCUT2D eigenvalue weighted by atomic mass is 9.67. The highest BCUT2D eigenvalue weighted by atomic mass is 16.2. The first-order valence-corrected chi connectivity index (χ1v) is 12.9. The van der Waals surface area contributed by atoms with Crippen LogP contribution in [0.1, 0.15) is 70.7 Å². The van der Waals surface area contributed by atoms with Crippen molar-refractivity contribution < 1.29 is 9.59 Å². The fourth-order valence-corrected chi connectivity index (χ4v) is 7.29. The predicted octanol–water partition coefficient (Wildman–Crippen LogP) is 7.74. The van der Waals surface area contributed by atoms with Gasteiger partial charge in [-0.1, -0.05) is 88.4 Å². The van der Waals surface area contributed by atoms with E-state index in [-0.39, 0.29) is 22.6 Å². The van der Waals surface area contributed by atoms with Gasteiger partial charge in [0.15, 0.2) is 0 Å². The van der Waals surface area contributed by atoms with E-state index in [2.05, 4.69) is 58.0 Å². The zero-order chi connectivity index (χ0) is 25.4. The molecule has 0 spiro atoms. The van der Waals surface area contributed by atoms with E-state index in [1.807, 2.05) is 48.5 Å². The summed E-state index contributed by atoms with van der Waals surface area (Å²) in [6.45, 7) is 9.02. The molecule has 2 aliphatic carbocycles. The van der Waals surface area contributed by atoms with Gasteiger partial charge in [0.25, 0.3) is 11.8 Å². The summed E-state index contributed by atoms with van der Waals surface area (Å²) in [7, 11) is 0. The monoisotopic (exact) mass is 479 g/mol. The average Bonchev–Trinajstić information content (AvgIpc) is 3.13. The van der Waals surface area contributed by atoms with Crippen LogP contribution in [0, 0.1) is 0 Å². The molecule has 0 bridgehead atoms. The van der Waals surface area contributed by atoms with E-state index in [0.717, 1.165) is 21.5 Å². The van der Waals surface area contributed by atoms with Crippen molar-refractivity contribution in [3.8, 4) is 11.1 Å². The summed E-state index contributed by atoms with van der Waals surface area (Å²) < 4.78 is 0. The minimum absolute atomic E-state index is 0.244. The van der Waals surface area contributed by atoms with Crippen LogP contribution in [0.15, 0.2) is 78.9 Å². The number of hydrogen-bond donors (Lipinski definition) is 0. The van der Waals surface area contributed by atoms with E-state index in [1.54, 1.807) is 0 Å². The van der Waals surface area contributed by atoms with E-state index in [4.69, 9.17) is 0 Å². The second-order valence-electron chi connectivity index (χ2n) is 11.7. The number of fused-ring (bicyclic) bond motifs is 1. The van der Waals surface area contributed by atoms with Gasteiger partial charge in [-0.2, -0.15) is 0 Å². The SMILES string of the molecule is CC1(C)c2cccc3c2-c2c1cc1c4c(ccc(c24)C3(C)C)C(=O)N(c2cccc3ccccc23)C1=O. The molecule has 1 aliphatic heterocycles. The molecule has 0 aromatic heterocycles. The lowest BCUT2D eigenvalue weighted by Gasteiger charge is -2.37. The lowest BCUT2D eigenvalue weighted by Crippen LogP contribution is -2.41. The fraction of sp³-hybridized carbons (Fsp3) is 0.176. The summed E-state index contributed by atoms with van der Waals surface area (Å²) in [4.78, 5) is 29.9. The van der Waals surface area contributed by atoms with Crippen molar-refractivity contribution in [1.29, 1.82) is 0 Å². The second-order valence-corrected chi connectivity index (χ2v) is 11.7. The van der Waals surface area contributed by atoms with E-state index in [0.29, 0.717) is 16.8 Å². The Morgan fingerprint density at radius 3 is 2.00 bits per heavy atom. The van der Waals surface area contributed by atoms with Gasteiger partial charge in [-0.05, 0) is 62.4 Å². The first-order valence-electron chi connectivity index (χ1n) is 12.9. The number of amides is 2. The zero-order valence-electron chi connectivity index (χ0n) is 21.3. The van der Waals surface area contributed by atoms with Crippen LogP contribution in [0.4, 0.5) is 5.69 Å². The highest BCUT2D eigenvalue weighted by Crippen LogP contribution is 2.60. The van der Waals surface area contributed by atoms with Crippen molar-refractivity contribution in [3.05, 3.63) is 112 Å². The molecule has 0 radical (unpaired) electrons. The molecule has 2 amide bonds. The molecule has 8 rings (SSSR count). The lowest BCUT2D eigenvalue weighted by molar-refractivity contribution is 0.0894. The van der Waals surface area contributed by atoms with E-state index in [1.165, 1.54) is 38.3 Å². The molecular weight excluding hydrogens is 454 g/mol. The van der Waals surface area contributed by atoms with Gasteiger partial charge in [0.1, 0.15) is 0 Å². The summed E-state index contributed by atoms with van der Waals surface area (Å²) >= 11 is 0. The molecule has 0 fully saturated rings. The molecular formula is C34H25NO2. The Morgan fingerprint density at radius 1 is 0.568 bits per heavy atom. The van der Waals surface area contributed by atoms with E-state index < -0.39 is 0 Å². The normalized spacial score (nSPS) is 17.7. The van der Waals surface area contributed by atoms with Crippen molar-refractivity contribution >= 4 is 39.0 Å². The van der Waals surface area contributed by atoms with Gasteiger partial charge in [0.2, 0.25) is 0 Å². The molecule has 5 aromatic carbocycles. The van der Waals surface area contributed by atoms with Gasteiger partial charge < -0.3 is 0 Å². The smallest absolute Gasteiger partial charge is 0.266 e. The Hall–Kier alpha value is -4.24. The molecule has 0 unspecified atom stereocenters. The van der Waals surface area contributed by atoms with Gasteiger partial charge in [-0.25, -0.2) is 4.90 Å². The first kappa shape index (κ1) is 20.9. The molecule has 3 heteroatoms. The highest BCUT2D eigenvalue weighted by molar-refractivity contribution is 6.38. The standard InChI is InChI=1S/C34H25NO2/c1-33(2)22-12-8-13-23-28(22)30-25(34(23,3)4)17-21-27-20(15-16-24(33)29(27)30)31(36)35(32(21)37)26-14-7-10-18-9-5-6-11-19(18)26/h5-17H,1-4H3. The second kappa shape index (κ2) is 6.36. The zero-order valence-corrected chi connectivity index (χ0v) is 21.3. The molecule has 0 atom stereocenters. The molecule has 0 N–H and O–H groups in total. The third kappa shape index (κ3) is 2.25. The fourth-order valence-electron chi connectivity index (χ4n) is 7.29. The Morgan fingerprint density at radius 2 is 1.22 bits per heavy atom. The van der Waals surface area contributed by atoms with E-state index in [9.17, 15) is 9.59 Å². The molecule has 178 valence electrons. The molecule has 0 saturated heterocycles. The van der Waals surface area contributed by atoms with Gasteiger partial charge in [-0.3, -0.25) is 9.59 Å². The number of carbonyl (C=O) groups is 2. The molecule has 5 aromatic rings. The van der Waals surface area contributed by atoms with Crippen LogP contribution in [0.25, 0.3) is 32.7 Å². The largest absolute Gasteiger partial charge is 0.268 e. The third-order valence-electron chi connectivity index (χ3n) is 9.17. The molecule has 3 nitrogen and oxygen atoms in total. The van der Waals surface area contributed by atoms with Gasteiger partial charge in [-0.15, -0.1) is 0 Å². The summed E-state index contributed by atoms with van der Waals surface area (Å²) in [6, 6.07) is 26.5. The van der Waals surface area contributed by atoms with Crippen LogP contribution < -0.4 is 4.90 Å². The Bertz CT molecular complexity index is 1920. The van der Waals surface area contributed by atoms with Crippen molar-refractivity contribution in [1.82, 2.24) is 0 Å². The topological polar surface area (TPSA) is 37.4 Å². The summed E-state index contributed by atoms with van der Waals surface area (Å²) in [5, 5.41) is 3.79. The van der Waals surface area contributed by atoms with Crippen LogP contribution in [0.2, 0.25) is 0 Å². The van der Waals surface area contributed by atoms with Crippen LogP contribution >= 0.6 is 0 Å². The molecule has 1 heterocycles. The van der Waals surface area contributed by atoms with Crippen molar-refractivity contribution in [2.24, 2.45) is 0 Å². The number of nitrogens with zero attached hydrogens (tertiary/aromatic N) is 1. The number of anilines is 1. The van der Waals surface area contributed by atoms with Gasteiger partial charge >= 0.3 is 0 Å². The summed E-state index contributed by atoms with van der Waals surface area (Å²) in [6.07, 6.45) is 0. The maximum absolute atomic E-state index is 14.3. The maximum atomic E-state index is 14.3. The van der Waals surface area contributed by atoms with Gasteiger partial charge in [0, 0.05) is 32.7 Å². The highest BCUT2D eigenvalue weighted by Gasteiger charge is 2.47. The first-order chi connectivity index (χ1) is 17.7. The Labute approximate surface area is 215 Å². The summed E-state index contributed by atoms with van der Waals surface area (Å²) in [5.74, 6) is -0.501. The maximum Gasteiger partial charge on any atom is 0.266 e. The number of imide groups is 1. The van der Waals surface area contributed by atoms with E-state index >= 15 is 0 Å². The Balaban J connectivity index is 1.51. The van der Waals surface area contributed by atoms with Crippen LogP contribution in [0.5, 0.6) is 0 Å². The number of hydrogen-bond acceptors (Lipinski definition) is 2. The van der Waals surface area contributed by atoms with Crippen LogP contribution in [-0.4, -0.2) is 11.8 Å². The molecule has 3 aliphatic rings. The minimum atomic E-state index is -0.255. The third-order valence-corrected chi connectivity index (χ3v) is 9.17.